The molecule has 1 spiro atoms. The molecular weight excluding hydrogens is 326 g/mol. The number of hydrogen-bond donors (Lipinski definition) is 3. The number of likely N-dealkylation sites (tertiary alicyclic amines) is 1. The molecule has 0 unspecified atom stereocenters. The number of carboxylic acids is 1. The van der Waals surface area contributed by atoms with Crippen molar-refractivity contribution < 1.29 is 24.6 Å². The predicted molar refractivity (Wildman–Crippen MR) is 88.7 cm³/mol. The fourth-order valence-electron chi connectivity index (χ4n) is 3.98. The number of aliphatic hydroxyl groups excluding tert-OH is 1. The van der Waals surface area contributed by atoms with E-state index in [0.29, 0.717) is 26.2 Å². The first-order valence-electron chi connectivity index (χ1n) is 9.06. The Morgan fingerprint density at radius 3 is 2.64 bits per heavy atom. The Morgan fingerprint density at radius 2 is 2.04 bits per heavy atom. The van der Waals surface area contributed by atoms with Gasteiger partial charge in [-0.25, -0.2) is 4.79 Å². The molecule has 2 saturated heterocycles. The molecule has 2 heterocycles. The smallest absolute Gasteiger partial charge is 0.326 e. The second-order valence-electron chi connectivity index (χ2n) is 7.57. The Hall–Kier alpha value is -1.67. The van der Waals surface area contributed by atoms with E-state index in [4.69, 9.17) is 0 Å². The van der Waals surface area contributed by atoms with Crippen molar-refractivity contribution in [2.45, 2.75) is 57.2 Å². The van der Waals surface area contributed by atoms with Crippen molar-refractivity contribution in [1.82, 2.24) is 15.1 Å². The quantitative estimate of drug-likeness (QED) is 0.610. The SMILES string of the molecule is C[C@@H]1NCCN([C@@H](CCC(=O)N2CCC3(CC3)[C@H](O)C2)C(=O)O)C1=O. The van der Waals surface area contributed by atoms with E-state index in [1.165, 1.54) is 4.90 Å². The maximum absolute atomic E-state index is 12.4. The lowest BCUT2D eigenvalue weighted by Crippen LogP contribution is -2.59. The molecule has 2 aliphatic heterocycles. The Bertz CT molecular complexity index is 562. The second kappa shape index (κ2) is 6.92. The van der Waals surface area contributed by atoms with E-state index in [0.717, 1.165) is 19.3 Å². The fraction of sp³-hybridized carbons (Fsp3) is 0.824. The zero-order valence-electron chi connectivity index (χ0n) is 14.6. The van der Waals surface area contributed by atoms with Gasteiger partial charge in [-0.3, -0.25) is 9.59 Å². The van der Waals surface area contributed by atoms with Gasteiger partial charge in [0.2, 0.25) is 11.8 Å². The van der Waals surface area contributed by atoms with Crippen LogP contribution in [0.1, 0.15) is 39.0 Å². The van der Waals surface area contributed by atoms with Crippen molar-refractivity contribution in [3.05, 3.63) is 0 Å². The number of carbonyl (C=O) groups is 3. The summed E-state index contributed by atoms with van der Waals surface area (Å²) in [6.45, 7) is 3.54. The number of carbonyl (C=O) groups excluding carboxylic acids is 2. The normalized spacial score (nSPS) is 29.6. The number of amides is 2. The van der Waals surface area contributed by atoms with Crippen molar-refractivity contribution in [2.24, 2.45) is 5.41 Å². The van der Waals surface area contributed by atoms with Crippen molar-refractivity contribution >= 4 is 17.8 Å². The molecule has 140 valence electrons. The van der Waals surface area contributed by atoms with Crippen LogP contribution in [0.4, 0.5) is 0 Å². The third kappa shape index (κ3) is 3.64. The molecule has 3 fully saturated rings. The summed E-state index contributed by atoms with van der Waals surface area (Å²) in [4.78, 5) is 39.3. The monoisotopic (exact) mass is 353 g/mol. The average Bonchev–Trinajstić information content (AvgIpc) is 3.34. The van der Waals surface area contributed by atoms with E-state index >= 15 is 0 Å². The first-order chi connectivity index (χ1) is 11.8. The topological polar surface area (TPSA) is 110 Å². The number of hydrogen-bond acceptors (Lipinski definition) is 5. The number of piperazine rings is 1. The average molecular weight is 353 g/mol. The van der Waals surface area contributed by atoms with Crippen LogP contribution in [-0.2, 0) is 14.4 Å². The zero-order valence-corrected chi connectivity index (χ0v) is 14.6. The number of nitrogens with one attached hydrogen (secondary N) is 1. The number of nitrogens with zero attached hydrogens (tertiary/aromatic N) is 2. The third-order valence-electron chi connectivity index (χ3n) is 5.97. The van der Waals surface area contributed by atoms with E-state index in [1.54, 1.807) is 11.8 Å². The Balaban J connectivity index is 1.55. The molecule has 1 saturated carbocycles. The largest absolute Gasteiger partial charge is 0.480 e. The molecule has 1 aliphatic carbocycles. The van der Waals surface area contributed by atoms with Gasteiger partial charge in [0, 0.05) is 32.6 Å². The summed E-state index contributed by atoms with van der Waals surface area (Å²) < 4.78 is 0. The molecule has 0 aromatic heterocycles. The Labute approximate surface area is 147 Å². The molecule has 8 nitrogen and oxygen atoms in total. The minimum absolute atomic E-state index is 0.0315. The number of β-amino-alcohol motifs (C(OH)–C–C–N with tert-alkyl or cyclic N) is 1. The fourth-order valence-corrected chi connectivity index (χ4v) is 3.98. The van der Waals surface area contributed by atoms with Crippen molar-refractivity contribution in [3.63, 3.8) is 0 Å². The van der Waals surface area contributed by atoms with Crippen LogP contribution in [0.2, 0.25) is 0 Å². The predicted octanol–water partition coefficient (Wildman–Crippen LogP) is -0.586. The molecule has 3 atom stereocenters. The standard InChI is InChI=1S/C17H27N3O5/c1-11-15(23)20(9-7-18-11)12(16(24)25)2-3-14(22)19-8-6-17(4-5-17)13(21)10-19/h11-13,18,21H,2-10H2,1H3,(H,24,25)/t11-,12-,13+/m0/s1. The Morgan fingerprint density at radius 1 is 1.32 bits per heavy atom. The first kappa shape index (κ1) is 18.1. The van der Waals surface area contributed by atoms with Crippen LogP contribution in [0.3, 0.4) is 0 Å². The molecule has 25 heavy (non-hydrogen) atoms. The van der Waals surface area contributed by atoms with Crippen LogP contribution in [0, 0.1) is 5.41 Å². The van der Waals surface area contributed by atoms with Gasteiger partial charge in [-0.05, 0) is 38.0 Å². The van der Waals surface area contributed by atoms with E-state index in [2.05, 4.69) is 5.32 Å². The van der Waals surface area contributed by atoms with Crippen LogP contribution < -0.4 is 5.32 Å². The summed E-state index contributed by atoms with van der Waals surface area (Å²) in [7, 11) is 0. The van der Waals surface area contributed by atoms with Gasteiger partial charge in [-0.2, -0.15) is 0 Å². The van der Waals surface area contributed by atoms with Gasteiger partial charge < -0.3 is 25.3 Å². The summed E-state index contributed by atoms with van der Waals surface area (Å²) in [6, 6.07) is -1.39. The summed E-state index contributed by atoms with van der Waals surface area (Å²) in [6.07, 6.45) is 2.57. The van der Waals surface area contributed by atoms with Crippen molar-refractivity contribution in [3.8, 4) is 0 Å². The molecule has 3 N–H and O–H groups in total. The highest BCUT2D eigenvalue weighted by Crippen LogP contribution is 2.53. The molecule has 0 aromatic rings. The minimum Gasteiger partial charge on any atom is -0.480 e. The van der Waals surface area contributed by atoms with E-state index in [1.807, 2.05) is 0 Å². The number of carboxylic acid groups (broad SMARTS) is 1. The lowest BCUT2D eigenvalue weighted by molar-refractivity contribution is -0.153. The molecule has 0 aromatic carbocycles. The molecule has 8 heteroatoms. The zero-order chi connectivity index (χ0) is 18.2. The highest BCUT2D eigenvalue weighted by molar-refractivity contribution is 5.88. The number of aliphatic carboxylic acids is 1. The van der Waals surface area contributed by atoms with E-state index in [9.17, 15) is 24.6 Å². The molecular formula is C17H27N3O5. The molecule has 0 bridgehead atoms. The maximum atomic E-state index is 12.4. The van der Waals surface area contributed by atoms with Gasteiger partial charge >= 0.3 is 5.97 Å². The van der Waals surface area contributed by atoms with Gasteiger partial charge in [-0.15, -0.1) is 0 Å². The highest BCUT2D eigenvalue weighted by Gasteiger charge is 2.51. The van der Waals surface area contributed by atoms with Crippen LogP contribution in [0.15, 0.2) is 0 Å². The Kier molecular flexibility index (Phi) is 5.02. The summed E-state index contributed by atoms with van der Waals surface area (Å²) in [5, 5.41) is 22.7. The highest BCUT2D eigenvalue weighted by atomic mass is 16.4. The maximum Gasteiger partial charge on any atom is 0.326 e. The summed E-state index contributed by atoms with van der Waals surface area (Å²) in [5.74, 6) is -1.46. The van der Waals surface area contributed by atoms with Gasteiger partial charge in [-0.1, -0.05) is 0 Å². The van der Waals surface area contributed by atoms with Gasteiger partial charge in [0.1, 0.15) is 6.04 Å². The van der Waals surface area contributed by atoms with Crippen LogP contribution in [-0.4, -0.2) is 82.2 Å². The summed E-state index contributed by atoms with van der Waals surface area (Å²) >= 11 is 0. The molecule has 3 rings (SSSR count). The van der Waals surface area contributed by atoms with E-state index in [-0.39, 0.29) is 30.1 Å². The van der Waals surface area contributed by atoms with Gasteiger partial charge in [0.15, 0.2) is 0 Å². The first-order valence-corrected chi connectivity index (χ1v) is 9.06. The number of piperidine rings is 1. The number of aliphatic hydroxyl groups is 1. The lowest BCUT2D eigenvalue weighted by atomic mass is 9.90. The van der Waals surface area contributed by atoms with Crippen molar-refractivity contribution in [1.29, 1.82) is 0 Å². The van der Waals surface area contributed by atoms with Crippen molar-refractivity contribution in [2.75, 3.05) is 26.2 Å². The lowest BCUT2D eigenvalue weighted by Gasteiger charge is -2.37. The van der Waals surface area contributed by atoms with Crippen LogP contribution in [0.25, 0.3) is 0 Å². The molecule has 3 aliphatic rings. The van der Waals surface area contributed by atoms with Crippen LogP contribution in [0.5, 0.6) is 0 Å². The van der Waals surface area contributed by atoms with Gasteiger partial charge in [0.25, 0.3) is 0 Å². The third-order valence-corrected chi connectivity index (χ3v) is 5.97. The summed E-state index contributed by atoms with van der Waals surface area (Å²) in [5.41, 5.74) is 0.0315. The van der Waals surface area contributed by atoms with Crippen LogP contribution >= 0.6 is 0 Å². The van der Waals surface area contributed by atoms with Gasteiger partial charge in [0.05, 0.1) is 12.1 Å². The van der Waals surface area contributed by atoms with E-state index < -0.39 is 24.2 Å². The number of rotatable bonds is 5. The molecule has 2 amide bonds. The molecule has 0 radical (unpaired) electrons. The second-order valence-corrected chi connectivity index (χ2v) is 7.57. The minimum atomic E-state index is -1.08.